The highest BCUT2D eigenvalue weighted by atomic mass is 16.5. The lowest BCUT2D eigenvalue weighted by molar-refractivity contribution is -0.130. The summed E-state index contributed by atoms with van der Waals surface area (Å²) in [5.74, 6) is 1.36. The van der Waals surface area contributed by atoms with E-state index >= 15 is 0 Å². The highest BCUT2D eigenvalue weighted by molar-refractivity contribution is 5.81. The predicted molar refractivity (Wildman–Crippen MR) is 75.1 cm³/mol. The molecule has 2 atom stereocenters. The quantitative estimate of drug-likeness (QED) is 0.896. The van der Waals surface area contributed by atoms with Gasteiger partial charge in [0.2, 0.25) is 5.91 Å². The Balaban J connectivity index is 2.07. The highest BCUT2D eigenvalue weighted by Crippen LogP contribution is 2.29. The average molecular weight is 279 g/mol. The van der Waals surface area contributed by atoms with Gasteiger partial charge in [-0.2, -0.15) is 0 Å². The van der Waals surface area contributed by atoms with Crippen molar-refractivity contribution in [3.63, 3.8) is 0 Å². The zero-order chi connectivity index (χ0) is 14.5. The standard InChI is InChI=1S/C15H21NO4/c1-10(16-15(17)13-5-4-8-20-13)12-7-6-11(18-2)9-14(12)19-3/h6-7,9-10,13H,4-5,8H2,1-3H3,(H,16,17)/t10-,13-/m0/s1. The molecule has 1 fully saturated rings. The van der Waals surface area contributed by atoms with Crippen molar-refractivity contribution in [3.8, 4) is 11.5 Å². The zero-order valence-electron chi connectivity index (χ0n) is 12.1. The molecule has 5 nitrogen and oxygen atoms in total. The molecule has 1 N–H and O–H groups in total. The summed E-state index contributed by atoms with van der Waals surface area (Å²) >= 11 is 0. The molecule has 20 heavy (non-hydrogen) atoms. The van der Waals surface area contributed by atoms with Crippen LogP contribution in [-0.2, 0) is 9.53 Å². The number of carbonyl (C=O) groups excluding carboxylic acids is 1. The SMILES string of the molecule is COc1ccc([C@H](C)NC(=O)[C@@H]2CCCO2)c(OC)c1. The Hall–Kier alpha value is -1.75. The summed E-state index contributed by atoms with van der Waals surface area (Å²) in [6.45, 7) is 2.59. The van der Waals surface area contributed by atoms with Gasteiger partial charge in [-0.25, -0.2) is 0 Å². The highest BCUT2D eigenvalue weighted by Gasteiger charge is 2.25. The van der Waals surface area contributed by atoms with Crippen molar-refractivity contribution in [2.75, 3.05) is 20.8 Å². The maximum atomic E-state index is 12.1. The van der Waals surface area contributed by atoms with Gasteiger partial charge in [-0.1, -0.05) is 0 Å². The van der Waals surface area contributed by atoms with E-state index < -0.39 is 0 Å². The van der Waals surface area contributed by atoms with Gasteiger partial charge >= 0.3 is 0 Å². The van der Waals surface area contributed by atoms with Crippen LogP contribution < -0.4 is 14.8 Å². The molecule has 110 valence electrons. The summed E-state index contributed by atoms with van der Waals surface area (Å²) in [5, 5.41) is 2.97. The molecular weight excluding hydrogens is 258 g/mol. The molecule has 0 unspecified atom stereocenters. The fourth-order valence-electron chi connectivity index (χ4n) is 2.34. The van der Waals surface area contributed by atoms with E-state index in [1.807, 2.05) is 25.1 Å². The molecule has 1 aromatic rings. The van der Waals surface area contributed by atoms with Gasteiger partial charge < -0.3 is 19.5 Å². The minimum Gasteiger partial charge on any atom is -0.497 e. The minimum absolute atomic E-state index is 0.0622. The lowest BCUT2D eigenvalue weighted by Gasteiger charge is -2.19. The smallest absolute Gasteiger partial charge is 0.249 e. The summed E-state index contributed by atoms with van der Waals surface area (Å²) in [6, 6.07) is 5.42. The van der Waals surface area contributed by atoms with Crippen molar-refractivity contribution in [3.05, 3.63) is 23.8 Å². The van der Waals surface area contributed by atoms with Crippen LogP contribution in [0.1, 0.15) is 31.4 Å². The molecule has 0 spiro atoms. The van der Waals surface area contributed by atoms with Crippen LogP contribution in [0, 0.1) is 0 Å². The van der Waals surface area contributed by atoms with E-state index in [-0.39, 0.29) is 18.1 Å². The average Bonchev–Trinajstić information content (AvgIpc) is 3.00. The van der Waals surface area contributed by atoms with Gasteiger partial charge in [0.15, 0.2) is 0 Å². The van der Waals surface area contributed by atoms with Gasteiger partial charge in [0, 0.05) is 18.2 Å². The Labute approximate surface area is 119 Å². The molecule has 1 saturated heterocycles. The summed E-state index contributed by atoms with van der Waals surface area (Å²) in [5.41, 5.74) is 0.916. The number of benzene rings is 1. The van der Waals surface area contributed by atoms with Crippen LogP contribution in [0.4, 0.5) is 0 Å². The number of hydrogen-bond acceptors (Lipinski definition) is 4. The normalized spacial score (nSPS) is 19.4. The van der Waals surface area contributed by atoms with E-state index in [1.165, 1.54) is 0 Å². The first-order valence-corrected chi connectivity index (χ1v) is 6.79. The Morgan fingerprint density at radius 2 is 2.20 bits per heavy atom. The number of nitrogens with one attached hydrogen (secondary N) is 1. The van der Waals surface area contributed by atoms with Crippen LogP contribution in [-0.4, -0.2) is 32.8 Å². The number of rotatable bonds is 5. The molecule has 2 rings (SSSR count). The molecule has 0 radical (unpaired) electrons. The van der Waals surface area contributed by atoms with Gasteiger partial charge in [0.25, 0.3) is 0 Å². The van der Waals surface area contributed by atoms with Crippen LogP contribution in [0.3, 0.4) is 0 Å². The number of methoxy groups -OCH3 is 2. The third-order valence-electron chi connectivity index (χ3n) is 3.49. The first-order valence-electron chi connectivity index (χ1n) is 6.79. The molecule has 0 saturated carbocycles. The van der Waals surface area contributed by atoms with Crippen LogP contribution in [0.15, 0.2) is 18.2 Å². The van der Waals surface area contributed by atoms with Crippen molar-refractivity contribution < 1.29 is 19.0 Å². The molecule has 0 aromatic heterocycles. The maximum absolute atomic E-state index is 12.1. The molecule has 1 heterocycles. The zero-order valence-corrected chi connectivity index (χ0v) is 12.1. The summed E-state index contributed by atoms with van der Waals surface area (Å²) < 4.78 is 15.9. The summed E-state index contributed by atoms with van der Waals surface area (Å²) in [7, 11) is 3.21. The first kappa shape index (κ1) is 14.7. The monoisotopic (exact) mass is 279 g/mol. The van der Waals surface area contributed by atoms with Crippen molar-refractivity contribution >= 4 is 5.91 Å². The summed E-state index contributed by atoms with van der Waals surface area (Å²) in [6.07, 6.45) is 1.41. The van der Waals surface area contributed by atoms with E-state index in [0.29, 0.717) is 12.4 Å². The van der Waals surface area contributed by atoms with E-state index in [0.717, 1.165) is 24.2 Å². The van der Waals surface area contributed by atoms with E-state index in [2.05, 4.69) is 5.32 Å². The van der Waals surface area contributed by atoms with Crippen LogP contribution >= 0.6 is 0 Å². The van der Waals surface area contributed by atoms with Crippen molar-refractivity contribution in [1.82, 2.24) is 5.32 Å². The lowest BCUT2D eigenvalue weighted by atomic mass is 10.1. The van der Waals surface area contributed by atoms with Gasteiger partial charge in [-0.3, -0.25) is 4.79 Å². The number of amides is 1. The Morgan fingerprint density at radius 1 is 1.40 bits per heavy atom. The van der Waals surface area contributed by atoms with Crippen LogP contribution in [0.5, 0.6) is 11.5 Å². The summed E-state index contributed by atoms with van der Waals surface area (Å²) in [4.78, 5) is 12.1. The molecule has 1 aromatic carbocycles. The molecular formula is C15H21NO4. The molecule has 1 aliphatic rings. The Kier molecular flexibility index (Phi) is 4.84. The molecule has 0 bridgehead atoms. The molecule has 0 aliphatic carbocycles. The number of ether oxygens (including phenoxy) is 3. The fourth-order valence-corrected chi connectivity index (χ4v) is 2.34. The van der Waals surface area contributed by atoms with Crippen molar-refractivity contribution in [1.29, 1.82) is 0 Å². The lowest BCUT2D eigenvalue weighted by Crippen LogP contribution is -2.35. The van der Waals surface area contributed by atoms with Crippen LogP contribution in [0.2, 0.25) is 0 Å². The third kappa shape index (κ3) is 3.22. The first-order chi connectivity index (χ1) is 9.65. The van der Waals surface area contributed by atoms with Crippen LogP contribution in [0.25, 0.3) is 0 Å². The Bertz CT molecular complexity index is 469. The third-order valence-corrected chi connectivity index (χ3v) is 3.49. The van der Waals surface area contributed by atoms with E-state index in [4.69, 9.17) is 14.2 Å². The topological polar surface area (TPSA) is 56.8 Å². The largest absolute Gasteiger partial charge is 0.497 e. The van der Waals surface area contributed by atoms with Crippen molar-refractivity contribution in [2.45, 2.75) is 31.9 Å². The molecule has 1 aliphatic heterocycles. The minimum atomic E-state index is -0.318. The van der Waals surface area contributed by atoms with E-state index in [1.54, 1.807) is 14.2 Å². The second-order valence-corrected chi connectivity index (χ2v) is 4.84. The number of hydrogen-bond donors (Lipinski definition) is 1. The molecule has 5 heteroatoms. The second-order valence-electron chi connectivity index (χ2n) is 4.84. The predicted octanol–water partition coefficient (Wildman–Crippen LogP) is 2.06. The Morgan fingerprint density at radius 3 is 2.80 bits per heavy atom. The van der Waals surface area contributed by atoms with Gasteiger partial charge in [-0.05, 0) is 31.9 Å². The van der Waals surface area contributed by atoms with Gasteiger partial charge in [-0.15, -0.1) is 0 Å². The van der Waals surface area contributed by atoms with Gasteiger partial charge in [0.05, 0.1) is 20.3 Å². The molecule has 1 amide bonds. The maximum Gasteiger partial charge on any atom is 0.249 e. The number of carbonyl (C=O) groups is 1. The fraction of sp³-hybridized carbons (Fsp3) is 0.533. The van der Waals surface area contributed by atoms with E-state index in [9.17, 15) is 4.79 Å². The second kappa shape index (κ2) is 6.61. The van der Waals surface area contributed by atoms with Crippen molar-refractivity contribution in [2.24, 2.45) is 0 Å². The van der Waals surface area contributed by atoms with Gasteiger partial charge in [0.1, 0.15) is 17.6 Å².